The number of carbonyl (C=O) groups excluding carboxylic acids is 5. The van der Waals surface area contributed by atoms with E-state index in [-0.39, 0.29) is 22.2 Å². The van der Waals surface area contributed by atoms with Crippen LogP contribution < -0.4 is 10.6 Å². The molecule has 13 nitrogen and oxygen atoms in total. The summed E-state index contributed by atoms with van der Waals surface area (Å²) in [5, 5.41) is 9.88. The number of hydrogen-bond donors (Lipinski definition) is 2. The van der Waals surface area contributed by atoms with Crippen molar-refractivity contribution in [1.29, 1.82) is 0 Å². The number of anilines is 1. The summed E-state index contributed by atoms with van der Waals surface area (Å²) in [5.74, 6) is -2.49. The van der Waals surface area contributed by atoms with Gasteiger partial charge in [0.05, 0.1) is 0 Å². The maximum absolute atomic E-state index is 13.9. The van der Waals surface area contributed by atoms with Crippen molar-refractivity contribution in [3.05, 3.63) is 107 Å². The molecule has 3 heterocycles. The maximum Gasteiger partial charge on any atom is 0.356 e. The van der Waals surface area contributed by atoms with Gasteiger partial charge in [0.2, 0.25) is 13.0 Å². The van der Waals surface area contributed by atoms with Crippen LogP contribution in [0.5, 0.6) is 0 Å². The lowest BCUT2D eigenvalue weighted by molar-refractivity contribution is -0.160. The number of thioether (sulfide) groups is 1. The SMILES string of the molecule is C=CC1=C(C(=O)OC(c2ccccc2)c2ccccc2)N2C(=O)C(NC(=O)C(=NOCC(=O)OC(C)(C)C)c3csc(NC=O)n3)[C@H]2SC1. The zero-order valence-corrected chi connectivity index (χ0v) is 28.4. The number of ether oxygens (including phenoxy) is 2. The lowest BCUT2D eigenvalue weighted by Gasteiger charge is -2.49. The number of nitrogens with one attached hydrogen (secondary N) is 2. The number of oxime groups is 1. The summed E-state index contributed by atoms with van der Waals surface area (Å²) in [4.78, 5) is 74.8. The fraction of sp³-hybridized carbons (Fsp3) is 0.265. The van der Waals surface area contributed by atoms with Gasteiger partial charge >= 0.3 is 11.9 Å². The van der Waals surface area contributed by atoms with Crippen LogP contribution in [0.1, 0.15) is 43.7 Å². The molecule has 0 saturated carbocycles. The minimum absolute atomic E-state index is 0.0296. The molecule has 254 valence electrons. The molecule has 2 atom stereocenters. The monoisotopic (exact) mass is 703 g/mol. The highest BCUT2D eigenvalue weighted by atomic mass is 32.2. The molecule has 1 aromatic heterocycles. The first-order valence-corrected chi connectivity index (χ1v) is 16.9. The Bertz CT molecular complexity index is 1760. The molecule has 1 saturated heterocycles. The van der Waals surface area contributed by atoms with Crippen molar-refractivity contribution in [2.75, 3.05) is 17.7 Å². The molecular weight excluding hydrogens is 671 g/mol. The van der Waals surface area contributed by atoms with Gasteiger partial charge in [-0.1, -0.05) is 78.5 Å². The first-order chi connectivity index (χ1) is 23.5. The number of rotatable bonds is 13. The Hall–Kier alpha value is -5.28. The second kappa shape index (κ2) is 15.3. The van der Waals surface area contributed by atoms with Gasteiger partial charge in [-0.3, -0.25) is 19.3 Å². The zero-order chi connectivity index (χ0) is 35.1. The number of nitrogens with zero attached hydrogens (tertiary/aromatic N) is 3. The van der Waals surface area contributed by atoms with E-state index in [4.69, 9.17) is 14.3 Å². The third-order valence-corrected chi connectivity index (χ3v) is 9.13. The average molecular weight is 704 g/mol. The van der Waals surface area contributed by atoms with Crippen LogP contribution in [0, 0.1) is 0 Å². The average Bonchev–Trinajstić information content (AvgIpc) is 3.55. The second-order valence-electron chi connectivity index (χ2n) is 11.6. The minimum Gasteiger partial charge on any atom is -0.457 e. The third kappa shape index (κ3) is 8.24. The summed E-state index contributed by atoms with van der Waals surface area (Å²) in [5.41, 5.74) is 0.975. The Morgan fingerprint density at radius 2 is 1.76 bits per heavy atom. The second-order valence-corrected chi connectivity index (χ2v) is 13.6. The highest BCUT2D eigenvalue weighted by molar-refractivity contribution is 8.00. The summed E-state index contributed by atoms with van der Waals surface area (Å²) < 4.78 is 11.3. The summed E-state index contributed by atoms with van der Waals surface area (Å²) >= 11 is 2.36. The molecular formula is C34H33N5O8S2. The number of benzene rings is 2. The van der Waals surface area contributed by atoms with Crippen LogP contribution >= 0.6 is 23.1 Å². The predicted molar refractivity (Wildman–Crippen MR) is 183 cm³/mol. The van der Waals surface area contributed by atoms with E-state index in [0.29, 0.717) is 17.7 Å². The third-order valence-electron chi connectivity index (χ3n) is 7.06. The summed E-state index contributed by atoms with van der Waals surface area (Å²) in [7, 11) is 0. The smallest absolute Gasteiger partial charge is 0.356 e. The van der Waals surface area contributed by atoms with Gasteiger partial charge in [-0.05, 0) is 37.5 Å². The molecule has 15 heteroatoms. The largest absolute Gasteiger partial charge is 0.457 e. The Morgan fingerprint density at radius 1 is 1.10 bits per heavy atom. The van der Waals surface area contributed by atoms with Crippen LogP contribution in [0.4, 0.5) is 5.13 Å². The molecule has 0 spiro atoms. The first kappa shape index (κ1) is 35.0. The van der Waals surface area contributed by atoms with Crippen molar-refractivity contribution in [1.82, 2.24) is 15.2 Å². The molecule has 3 amide bonds. The number of esters is 2. The molecule has 0 radical (unpaired) electrons. The Labute approximate surface area is 290 Å². The number of thiazole rings is 1. The molecule has 2 aromatic carbocycles. The van der Waals surface area contributed by atoms with E-state index in [9.17, 15) is 24.0 Å². The van der Waals surface area contributed by atoms with E-state index in [1.165, 1.54) is 28.1 Å². The van der Waals surface area contributed by atoms with Crippen LogP contribution in [-0.4, -0.2) is 75.1 Å². The van der Waals surface area contributed by atoms with Gasteiger partial charge in [0, 0.05) is 11.1 Å². The van der Waals surface area contributed by atoms with Gasteiger partial charge in [0.1, 0.15) is 28.4 Å². The quantitative estimate of drug-likeness (QED) is 0.0876. The van der Waals surface area contributed by atoms with Crippen molar-refractivity contribution in [3.63, 3.8) is 0 Å². The van der Waals surface area contributed by atoms with Crippen molar-refractivity contribution in [2.24, 2.45) is 5.16 Å². The standard InChI is InChI=1S/C34H33N5O8S2/c1-5-20-17-48-31-26(37-29(42)25(23-18-49-33(36-23)35-19-40)38-45-16-24(41)47-34(2,3)4)30(43)39(31)27(20)32(44)46-28(21-12-8-6-9-13-21)22-14-10-7-11-15-22/h5-15,18-19,26,28,31H,1,16-17H2,2-4H3,(H,37,42)(H,35,36,40)/t26?,31-/m1/s1. The van der Waals surface area contributed by atoms with Crippen LogP contribution in [0.25, 0.3) is 0 Å². The van der Waals surface area contributed by atoms with Crippen LogP contribution in [0.2, 0.25) is 0 Å². The predicted octanol–water partition coefficient (Wildman–Crippen LogP) is 3.95. The van der Waals surface area contributed by atoms with Crippen molar-refractivity contribution in [2.45, 2.75) is 43.9 Å². The van der Waals surface area contributed by atoms with Gasteiger partial charge in [0.25, 0.3) is 11.8 Å². The minimum atomic E-state index is -1.05. The normalized spacial score (nSPS) is 17.4. The Kier molecular flexibility index (Phi) is 10.9. The molecule has 5 rings (SSSR count). The molecule has 2 aliphatic rings. The lowest BCUT2D eigenvalue weighted by Crippen LogP contribution is -2.71. The van der Waals surface area contributed by atoms with Crippen LogP contribution in [0.3, 0.4) is 0 Å². The van der Waals surface area contributed by atoms with E-state index >= 15 is 0 Å². The van der Waals surface area contributed by atoms with Crippen molar-refractivity contribution < 1.29 is 38.3 Å². The van der Waals surface area contributed by atoms with Gasteiger partial charge < -0.3 is 24.9 Å². The van der Waals surface area contributed by atoms with Crippen LogP contribution in [0.15, 0.2) is 95.1 Å². The van der Waals surface area contributed by atoms with E-state index < -0.39 is 53.5 Å². The maximum atomic E-state index is 13.9. The number of aromatic nitrogens is 1. The molecule has 3 aromatic rings. The molecule has 2 N–H and O–H groups in total. The molecule has 2 aliphatic heterocycles. The molecule has 0 aliphatic carbocycles. The number of hydrogen-bond acceptors (Lipinski definition) is 12. The number of allylic oxidation sites excluding steroid dienone is 1. The number of β-lactam (4-membered cyclic amide) rings is 1. The Morgan fingerprint density at radius 3 is 2.35 bits per heavy atom. The Balaban J connectivity index is 1.35. The molecule has 1 fully saturated rings. The van der Waals surface area contributed by atoms with E-state index in [1.807, 2.05) is 60.7 Å². The number of carbonyl (C=O) groups is 5. The van der Waals surface area contributed by atoms with E-state index in [1.54, 1.807) is 20.8 Å². The highest BCUT2D eigenvalue weighted by Crippen LogP contribution is 2.42. The van der Waals surface area contributed by atoms with E-state index in [2.05, 4.69) is 27.4 Å². The van der Waals surface area contributed by atoms with Gasteiger partial charge in [0.15, 0.2) is 16.9 Å². The van der Waals surface area contributed by atoms with Crippen LogP contribution in [-0.2, 0) is 38.3 Å². The van der Waals surface area contributed by atoms with E-state index in [0.717, 1.165) is 22.5 Å². The lowest BCUT2D eigenvalue weighted by atomic mass is 10.0. The van der Waals surface area contributed by atoms with Gasteiger partial charge in [-0.25, -0.2) is 14.6 Å². The fourth-order valence-corrected chi connectivity index (χ4v) is 6.96. The zero-order valence-electron chi connectivity index (χ0n) is 26.8. The molecule has 0 bridgehead atoms. The summed E-state index contributed by atoms with van der Waals surface area (Å²) in [6.45, 7) is 8.31. The van der Waals surface area contributed by atoms with Crippen molar-refractivity contribution >= 4 is 64.1 Å². The topological polar surface area (TPSA) is 166 Å². The van der Waals surface area contributed by atoms with Gasteiger partial charge in [-0.15, -0.1) is 23.1 Å². The number of amides is 3. The highest BCUT2D eigenvalue weighted by Gasteiger charge is 2.54. The number of fused-ring (bicyclic) bond motifs is 1. The first-order valence-electron chi connectivity index (χ1n) is 15.0. The van der Waals surface area contributed by atoms with Crippen molar-refractivity contribution in [3.8, 4) is 0 Å². The summed E-state index contributed by atoms with van der Waals surface area (Å²) in [6.07, 6.45) is 1.19. The fourth-order valence-electron chi connectivity index (χ4n) is 4.97. The molecule has 49 heavy (non-hydrogen) atoms. The summed E-state index contributed by atoms with van der Waals surface area (Å²) in [6, 6.07) is 17.5. The molecule has 1 unspecified atom stereocenters. The van der Waals surface area contributed by atoms with Gasteiger partial charge in [-0.2, -0.15) is 0 Å².